The number of amides is 1. The van der Waals surface area contributed by atoms with Crippen LogP contribution in [0.1, 0.15) is 17.9 Å². The zero-order valence-electron chi connectivity index (χ0n) is 12.4. The third-order valence-corrected chi connectivity index (χ3v) is 3.14. The minimum absolute atomic E-state index is 0.00394. The van der Waals surface area contributed by atoms with Crippen molar-refractivity contribution in [2.45, 2.75) is 18.5 Å². The monoisotopic (exact) mass is 362 g/mol. The summed E-state index contributed by atoms with van der Waals surface area (Å²) in [5.74, 6) is -3.60. The maximum atomic E-state index is 11.6. The second-order valence-corrected chi connectivity index (χ2v) is 5.03. The Morgan fingerprint density at radius 3 is 2.28 bits per heavy atom. The fourth-order valence-corrected chi connectivity index (χ4v) is 1.96. The molecule has 1 aromatic rings. The molecule has 1 amide bonds. The number of alkyl halides is 3. The van der Waals surface area contributed by atoms with Gasteiger partial charge in [-0.1, -0.05) is 12.1 Å². The van der Waals surface area contributed by atoms with E-state index in [1.54, 1.807) is 12.1 Å². The molecule has 0 unspecified atom stereocenters. The smallest absolute Gasteiger partial charge is 0.430 e. The number of nitro benzene ring substituents is 1. The van der Waals surface area contributed by atoms with E-state index in [1.165, 1.54) is 12.1 Å². The van der Waals surface area contributed by atoms with Gasteiger partial charge in [0.05, 0.1) is 10.8 Å². The number of nitrogens with zero attached hydrogens (tertiary/aromatic N) is 1. The van der Waals surface area contributed by atoms with Gasteiger partial charge in [0.15, 0.2) is 0 Å². The molecule has 0 aliphatic heterocycles. The lowest BCUT2D eigenvalue weighted by atomic mass is 10.1. The Morgan fingerprint density at radius 2 is 1.84 bits per heavy atom. The van der Waals surface area contributed by atoms with Gasteiger partial charge in [-0.3, -0.25) is 26.4 Å². The quantitative estimate of drug-likeness (QED) is 0.239. The zero-order chi connectivity index (χ0) is 19.4. The van der Waals surface area contributed by atoms with E-state index in [1.807, 2.05) is 0 Å². The number of nitrogens with two attached hydrogens (primary N) is 2. The van der Waals surface area contributed by atoms with Crippen LogP contribution in [-0.2, 0) is 9.59 Å². The van der Waals surface area contributed by atoms with Gasteiger partial charge in [0.2, 0.25) is 0 Å². The molecule has 0 heterocycles. The topological polar surface area (TPSA) is 166 Å². The number of carbonyl (C=O) groups is 2. The van der Waals surface area contributed by atoms with Gasteiger partial charge in [0, 0.05) is 12.1 Å². The van der Waals surface area contributed by atoms with Crippen molar-refractivity contribution < 1.29 is 37.8 Å². The largest absolute Gasteiger partial charge is 0.542 e. The van der Waals surface area contributed by atoms with Crippen molar-refractivity contribution in [1.29, 1.82) is 0 Å². The highest BCUT2D eigenvalue weighted by Gasteiger charge is 2.45. The number of carbonyl (C=O) groups excluding carboxylic acids is 2. The standard InChI is InChI=1S/C11H12N4O3.C2HF3O2/c12-11(13)14-10(16)9-5-8(9)6-2-1-3-7(4-6)15(17)18;3-2(4,5)1(6)7/h1-4,8-9H,5H2,(H4,12,13,14,16);(H,6,7)/t8-,9+;/m1./s1. The second kappa shape index (κ2) is 7.59. The first-order chi connectivity index (χ1) is 11.4. The van der Waals surface area contributed by atoms with Gasteiger partial charge in [-0.05, 0) is 17.9 Å². The average molecular weight is 362 g/mol. The Morgan fingerprint density at radius 1 is 1.28 bits per heavy atom. The summed E-state index contributed by atoms with van der Waals surface area (Å²) in [7, 11) is 0. The molecule has 0 saturated heterocycles. The molecule has 25 heavy (non-hydrogen) atoms. The van der Waals surface area contributed by atoms with E-state index in [0.717, 1.165) is 5.56 Å². The number of carboxylic acids is 1. The summed E-state index contributed by atoms with van der Waals surface area (Å²) >= 11 is 0. The van der Waals surface area contributed by atoms with Crippen molar-refractivity contribution in [1.82, 2.24) is 0 Å². The lowest BCUT2D eigenvalue weighted by Crippen LogP contribution is -2.82. The molecule has 1 aliphatic rings. The van der Waals surface area contributed by atoms with E-state index in [9.17, 15) is 28.1 Å². The molecule has 2 rings (SSSR count). The first kappa shape index (κ1) is 19.9. The number of nitrogens with one attached hydrogen (secondary N) is 1. The van der Waals surface area contributed by atoms with Crippen molar-refractivity contribution in [2.75, 3.05) is 0 Å². The number of hydrogen-bond donors (Lipinski definition) is 3. The lowest BCUT2D eigenvalue weighted by molar-refractivity contribution is -0.385. The van der Waals surface area contributed by atoms with Crippen molar-refractivity contribution in [3.05, 3.63) is 39.9 Å². The van der Waals surface area contributed by atoms with E-state index >= 15 is 0 Å². The number of benzene rings is 1. The zero-order valence-corrected chi connectivity index (χ0v) is 12.4. The van der Waals surface area contributed by atoms with Gasteiger partial charge in [-0.25, -0.2) is 4.99 Å². The molecule has 0 radical (unpaired) electrons. The van der Waals surface area contributed by atoms with Gasteiger partial charge in [-0.2, -0.15) is 13.2 Å². The summed E-state index contributed by atoms with van der Waals surface area (Å²) < 4.78 is 31.5. The van der Waals surface area contributed by atoms with Crippen LogP contribution in [0.3, 0.4) is 0 Å². The summed E-state index contributed by atoms with van der Waals surface area (Å²) in [6.45, 7) is 0. The molecular weight excluding hydrogens is 349 g/mol. The molecule has 9 nitrogen and oxygen atoms in total. The molecule has 1 aliphatic carbocycles. The highest BCUT2D eigenvalue weighted by molar-refractivity contribution is 5.81. The Bertz CT molecular complexity index is 716. The Hall–Kier alpha value is -3.18. The van der Waals surface area contributed by atoms with Crippen molar-refractivity contribution in [3.63, 3.8) is 0 Å². The SMILES string of the molecule is NC(N)=[NH+]C(=O)[C@H]1C[C@@H]1c1cccc([N+](=O)[O-])c1.O=C([O-])C(F)(F)F. The molecule has 2 atom stereocenters. The van der Waals surface area contributed by atoms with Gasteiger partial charge in [0.1, 0.15) is 5.97 Å². The Kier molecular flexibility index (Phi) is 6.03. The summed E-state index contributed by atoms with van der Waals surface area (Å²) in [5.41, 5.74) is 11.2. The van der Waals surface area contributed by atoms with Crippen LogP contribution in [0.15, 0.2) is 24.3 Å². The molecule has 0 bridgehead atoms. The number of non-ortho nitro benzene ring substituents is 1. The summed E-state index contributed by atoms with van der Waals surface area (Å²) in [5, 5.41) is 19.4. The van der Waals surface area contributed by atoms with Crippen molar-refractivity contribution in [2.24, 2.45) is 17.4 Å². The molecule has 1 fully saturated rings. The third kappa shape index (κ3) is 6.08. The predicted molar refractivity (Wildman–Crippen MR) is 74.4 cm³/mol. The number of hydrogen-bond acceptors (Lipinski definition) is 5. The van der Waals surface area contributed by atoms with Crippen LogP contribution in [0.25, 0.3) is 0 Å². The molecule has 5 N–H and O–H groups in total. The van der Waals surface area contributed by atoms with Crippen molar-refractivity contribution >= 4 is 23.5 Å². The van der Waals surface area contributed by atoms with E-state index in [4.69, 9.17) is 21.4 Å². The highest BCUT2D eigenvalue weighted by Crippen LogP contribution is 2.47. The molecule has 0 aromatic heterocycles. The number of nitro groups is 1. The molecule has 1 aromatic carbocycles. The molecule has 0 spiro atoms. The Balaban J connectivity index is 0.000000381. The van der Waals surface area contributed by atoms with Crippen LogP contribution >= 0.6 is 0 Å². The first-order valence-electron chi connectivity index (χ1n) is 6.64. The molecule has 12 heteroatoms. The predicted octanol–water partition coefficient (Wildman–Crippen LogP) is -2.12. The second-order valence-electron chi connectivity index (χ2n) is 5.03. The number of carboxylic acid groups (broad SMARTS) is 1. The van der Waals surface area contributed by atoms with Gasteiger partial charge >= 0.3 is 12.1 Å². The average Bonchev–Trinajstić information content (AvgIpc) is 3.27. The third-order valence-electron chi connectivity index (χ3n) is 3.14. The Labute approximate surface area is 138 Å². The van der Waals surface area contributed by atoms with Crippen molar-refractivity contribution in [3.8, 4) is 0 Å². The maximum Gasteiger partial charge on any atom is 0.430 e. The summed E-state index contributed by atoms with van der Waals surface area (Å²) in [6.07, 6.45) is -4.54. The fourth-order valence-electron chi connectivity index (χ4n) is 1.96. The number of halogens is 3. The molecular formula is C13H13F3N4O5. The fraction of sp³-hybridized carbons (Fsp3) is 0.308. The summed E-state index contributed by atoms with van der Waals surface area (Å²) in [6, 6.07) is 6.31. The number of guanidine groups is 1. The molecule has 136 valence electrons. The van der Waals surface area contributed by atoms with Crippen LogP contribution in [0.2, 0.25) is 0 Å². The van der Waals surface area contributed by atoms with Crippen LogP contribution in [0.4, 0.5) is 18.9 Å². The number of rotatable bonds is 3. The lowest BCUT2D eigenvalue weighted by Gasteiger charge is -2.03. The van der Waals surface area contributed by atoms with E-state index < -0.39 is 17.1 Å². The van der Waals surface area contributed by atoms with Crippen LogP contribution in [0.5, 0.6) is 0 Å². The van der Waals surface area contributed by atoms with E-state index in [0.29, 0.717) is 6.42 Å². The van der Waals surface area contributed by atoms with Crippen LogP contribution in [-0.4, -0.2) is 28.9 Å². The number of aliphatic carboxylic acids is 1. The summed E-state index contributed by atoms with van der Waals surface area (Å²) in [4.78, 5) is 32.9. The van der Waals surface area contributed by atoms with Gasteiger partial charge in [0.25, 0.3) is 11.6 Å². The van der Waals surface area contributed by atoms with E-state index in [2.05, 4.69) is 4.99 Å². The van der Waals surface area contributed by atoms with Crippen LogP contribution in [0, 0.1) is 16.0 Å². The van der Waals surface area contributed by atoms with Gasteiger partial charge < -0.3 is 9.90 Å². The maximum absolute atomic E-state index is 11.6. The van der Waals surface area contributed by atoms with Gasteiger partial charge in [-0.15, -0.1) is 0 Å². The highest BCUT2D eigenvalue weighted by atomic mass is 19.4. The minimum Gasteiger partial charge on any atom is -0.542 e. The normalized spacial score (nSPS) is 18.4. The molecule has 1 saturated carbocycles. The van der Waals surface area contributed by atoms with Crippen LogP contribution < -0.4 is 21.6 Å². The van der Waals surface area contributed by atoms with E-state index in [-0.39, 0.29) is 29.4 Å². The minimum atomic E-state index is -5.19. The first-order valence-corrected chi connectivity index (χ1v) is 6.64.